The number of carbonyl (C=O) groups is 4. The average molecular weight is 538 g/mol. The quantitative estimate of drug-likeness (QED) is 0.373. The van der Waals surface area contributed by atoms with Crippen LogP contribution in [0.25, 0.3) is 0 Å². The second-order valence-electron chi connectivity index (χ2n) is 10.8. The zero-order chi connectivity index (χ0) is 28.1. The maximum atomic E-state index is 13.9. The van der Waals surface area contributed by atoms with Gasteiger partial charge in [-0.2, -0.15) is 0 Å². The molecule has 0 saturated carbocycles. The molecule has 3 N–H and O–H groups in total. The molecule has 2 rings (SSSR count). The van der Waals surface area contributed by atoms with Crippen molar-refractivity contribution in [3.05, 3.63) is 16.1 Å². The summed E-state index contributed by atoms with van der Waals surface area (Å²) in [4.78, 5) is 58.5. The molecule has 1 saturated heterocycles. The zero-order valence-corrected chi connectivity index (χ0v) is 24.1. The van der Waals surface area contributed by atoms with Gasteiger partial charge >= 0.3 is 5.97 Å². The Balaban J connectivity index is 2.31. The van der Waals surface area contributed by atoms with Crippen LogP contribution in [0.1, 0.15) is 88.8 Å². The van der Waals surface area contributed by atoms with Crippen molar-refractivity contribution in [2.45, 2.75) is 90.9 Å². The monoisotopic (exact) mass is 537 g/mol. The topological polar surface area (TPSA) is 132 Å². The number of amides is 3. The highest BCUT2D eigenvalue weighted by Gasteiger charge is 2.43. The maximum Gasteiger partial charge on any atom is 0.355 e. The highest BCUT2D eigenvalue weighted by molar-refractivity contribution is 7.09. The summed E-state index contributed by atoms with van der Waals surface area (Å²) >= 11 is 1.17. The molecule has 0 radical (unpaired) electrons. The molecule has 11 heteroatoms. The number of nitrogens with zero attached hydrogens (tertiary/aromatic N) is 3. The minimum Gasteiger partial charge on any atom is -0.476 e. The van der Waals surface area contributed by atoms with E-state index < -0.39 is 23.6 Å². The lowest BCUT2D eigenvalue weighted by Crippen LogP contribution is -2.60. The Morgan fingerprint density at radius 2 is 1.89 bits per heavy atom. The Kier molecular flexibility index (Phi) is 10.6. The smallest absolute Gasteiger partial charge is 0.355 e. The Morgan fingerprint density at radius 1 is 1.24 bits per heavy atom. The summed E-state index contributed by atoms with van der Waals surface area (Å²) < 4.78 is 0. The number of aromatic nitrogens is 1. The minimum atomic E-state index is -1.13. The van der Waals surface area contributed by atoms with Crippen molar-refractivity contribution in [2.24, 2.45) is 11.8 Å². The molecule has 2 heterocycles. The molecule has 208 valence electrons. The molecule has 37 heavy (non-hydrogen) atoms. The van der Waals surface area contributed by atoms with E-state index in [9.17, 15) is 24.3 Å². The fourth-order valence-corrected chi connectivity index (χ4v) is 5.74. The molecule has 1 aliphatic heterocycles. The normalized spacial score (nSPS) is 21.2. The number of rotatable bonds is 12. The molecule has 10 nitrogen and oxygen atoms in total. The molecule has 5 atom stereocenters. The van der Waals surface area contributed by atoms with Gasteiger partial charge in [-0.15, -0.1) is 11.3 Å². The molecular weight excluding hydrogens is 494 g/mol. The average Bonchev–Trinajstić information content (AvgIpc) is 3.46. The number of carbonyl (C=O) groups excluding carboxylic acids is 3. The van der Waals surface area contributed by atoms with E-state index in [1.54, 1.807) is 11.9 Å². The molecule has 1 aliphatic rings. The van der Waals surface area contributed by atoms with Crippen LogP contribution in [0.4, 0.5) is 0 Å². The number of carboxylic acid groups (broad SMARTS) is 1. The fraction of sp³-hybridized carbons (Fsp3) is 0.731. The summed E-state index contributed by atoms with van der Waals surface area (Å²) in [6, 6.07) is -1.54. The Labute approximate surface area is 224 Å². The number of hydrogen-bond donors (Lipinski definition) is 3. The van der Waals surface area contributed by atoms with E-state index in [2.05, 4.69) is 15.6 Å². The second kappa shape index (κ2) is 12.8. The largest absolute Gasteiger partial charge is 0.476 e. The Bertz CT molecular complexity index is 982. The number of likely N-dealkylation sites (tertiary alicyclic amines) is 1. The van der Waals surface area contributed by atoms with Crippen LogP contribution in [0.2, 0.25) is 0 Å². The third kappa shape index (κ3) is 7.28. The van der Waals surface area contributed by atoms with Crippen LogP contribution >= 0.6 is 11.3 Å². The molecule has 1 aromatic heterocycles. The van der Waals surface area contributed by atoms with Crippen LogP contribution in [-0.2, 0) is 14.4 Å². The summed E-state index contributed by atoms with van der Waals surface area (Å²) in [7, 11) is 3.66. The summed E-state index contributed by atoms with van der Waals surface area (Å²) in [6.45, 7) is 12.1. The third-order valence-electron chi connectivity index (χ3n) is 7.76. The second-order valence-corrected chi connectivity index (χ2v) is 11.7. The molecule has 0 spiro atoms. The van der Waals surface area contributed by atoms with E-state index in [1.165, 1.54) is 23.6 Å². The number of hydrogen-bond acceptors (Lipinski definition) is 7. The molecule has 1 aromatic rings. The van der Waals surface area contributed by atoms with Crippen LogP contribution in [0.5, 0.6) is 0 Å². The fourth-order valence-electron chi connectivity index (χ4n) is 4.88. The van der Waals surface area contributed by atoms with Crippen molar-refractivity contribution < 1.29 is 24.3 Å². The first-order chi connectivity index (χ1) is 17.2. The highest BCUT2D eigenvalue weighted by Crippen LogP contribution is 2.30. The van der Waals surface area contributed by atoms with Crippen LogP contribution in [-0.4, -0.2) is 81.8 Å². The molecular formula is C26H43N5O5S. The molecule has 0 bridgehead atoms. The van der Waals surface area contributed by atoms with Crippen LogP contribution in [0, 0.1) is 11.8 Å². The Hall–Kier alpha value is -2.53. The van der Waals surface area contributed by atoms with Crippen molar-refractivity contribution in [1.82, 2.24) is 25.4 Å². The molecule has 3 amide bonds. The first-order valence-corrected chi connectivity index (χ1v) is 13.9. The van der Waals surface area contributed by atoms with Gasteiger partial charge in [-0.05, 0) is 51.6 Å². The van der Waals surface area contributed by atoms with Gasteiger partial charge in [0.25, 0.3) is 0 Å². The maximum absolute atomic E-state index is 13.9. The summed E-state index contributed by atoms with van der Waals surface area (Å²) in [5.41, 5.74) is -0.726. The van der Waals surface area contributed by atoms with Gasteiger partial charge in [0, 0.05) is 25.4 Å². The lowest BCUT2D eigenvalue weighted by molar-refractivity contribution is -0.142. The van der Waals surface area contributed by atoms with E-state index in [-0.39, 0.29) is 41.3 Å². The summed E-state index contributed by atoms with van der Waals surface area (Å²) in [5, 5.41) is 17.1. The van der Waals surface area contributed by atoms with E-state index >= 15 is 0 Å². The highest BCUT2D eigenvalue weighted by atomic mass is 32.1. The van der Waals surface area contributed by atoms with Crippen molar-refractivity contribution in [1.29, 1.82) is 0 Å². The predicted molar refractivity (Wildman–Crippen MR) is 143 cm³/mol. The SMILES string of the molecule is CCC(C)C(NC(=O)[C@@]1(C)CCCN1C)C(=O)N(C)C(CC(NC(C)=O)c1nc(C(=O)O)cs1)C(C)C. The van der Waals surface area contributed by atoms with Gasteiger partial charge in [0.1, 0.15) is 11.0 Å². The van der Waals surface area contributed by atoms with Gasteiger partial charge in [0.2, 0.25) is 17.7 Å². The minimum absolute atomic E-state index is 0.0240. The van der Waals surface area contributed by atoms with E-state index in [1.807, 2.05) is 46.6 Å². The van der Waals surface area contributed by atoms with E-state index in [4.69, 9.17) is 0 Å². The van der Waals surface area contributed by atoms with Gasteiger partial charge < -0.3 is 20.6 Å². The molecule has 4 unspecified atom stereocenters. The van der Waals surface area contributed by atoms with Gasteiger partial charge in [0.05, 0.1) is 11.6 Å². The number of nitrogens with one attached hydrogen (secondary N) is 2. The first kappa shape index (κ1) is 30.7. The van der Waals surface area contributed by atoms with Gasteiger partial charge in [-0.1, -0.05) is 34.1 Å². The van der Waals surface area contributed by atoms with Gasteiger partial charge in [-0.25, -0.2) is 9.78 Å². The van der Waals surface area contributed by atoms with Crippen LogP contribution in [0.3, 0.4) is 0 Å². The van der Waals surface area contributed by atoms with Gasteiger partial charge in [0.15, 0.2) is 5.69 Å². The number of carboxylic acids is 1. The van der Waals surface area contributed by atoms with Crippen LogP contribution < -0.4 is 10.6 Å². The van der Waals surface area contributed by atoms with E-state index in [0.717, 1.165) is 25.8 Å². The van der Waals surface area contributed by atoms with Crippen molar-refractivity contribution in [3.8, 4) is 0 Å². The lowest BCUT2D eigenvalue weighted by atomic mass is 9.91. The van der Waals surface area contributed by atoms with Crippen molar-refractivity contribution in [3.63, 3.8) is 0 Å². The van der Waals surface area contributed by atoms with E-state index in [0.29, 0.717) is 11.4 Å². The third-order valence-corrected chi connectivity index (χ3v) is 8.72. The summed E-state index contributed by atoms with van der Waals surface area (Å²) in [5.74, 6) is -1.78. The number of aromatic carboxylic acids is 1. The van der Waals surface area contributed by atoms with Crippen LogP contribution in [0.15, 0.2) is 5.38 Å². The number of thiazole rings is 1. The molecule has 0 aliphatic carbocycles. The standard InChI is InChI=1S/C26H43N5O5S/c1-9-16(4)21(29-25(36)26(6)11-10-12-30(26)7)23(33)31(8)20(15(2)3)13-18(27-17(5)32)22-28-19(14-37-22)24(34)35/h14-16,18,20-21H,9-13H2,1-8H3,(H,27,32)(H,29,36)(H,34,35)/t16?,18?,20?,21?,26-/m1/s1. The molecule has 0 aromatic carbocycles. The summed E-state index contributed by atoms with van der Waals surface area (Å²) in [6.07, 6.45) is 2.75. The van der Waals surface area contributed by atoms with Crippen molar-refractivity contribution >= 4 is 35.0 Å². The van der Waals surface area contributed by atoms with Crippen molar-refractivity contribution in [2.75, 3.05) is 20.6 Å². The zero-order valence-electron chi connectivity index (χ0n) is 23.3. The number of likely N-dealkylation sites (N-methyl/N-ethyl adjacent to an activating group) is 2. The Morgan fingerprint density at radius 3 is 2.35 bits per heavy atom. The molecule has 1 fully saturated rings. The van der Waals surface area contributed by atoms with Gasteiger partial charge in [-0.3, -0.25) is 19.3 Å². The lowest BCUT2D eigenvalue weighted by Gasteiger charge is -2.38. The first-order valence-electron chi connectivity index (χ1n) is 13.0. The predicted octanol–water partition coefficient (Wildman–Crippen LogP) is 2.91.